The van der Waals surface area contributed by atoms with Crippen LogP contribution < -0.4 is 5.73 Å². The molecule has 0 aliphatic rings. The molecule has 0 bridgehead atoms. The van der Waals surface area contributed by atoms with E-state index in [1.807, 2.05) is 6.92 Å². The first-order valence-electron chi connectivity index (χ1n) is 6.05. The summed E-state index contributed by atoms with van der Waals surface area (Å²) in [6.45, 7) is 7.14. The SMILES string of the molecule is Cc1nc2ccc(CC(C)(C)CN)cc2n1C. The molecule has 0 fully saturated rings. The number of fused-ring (bicyclic) bond motifs is 1. The van der Waals surface area contributed by atoms with E-state index in [2.05, 4.69) is 48.6 Å². The van der Waals surface area contributed by atoms with Crippen LogP contribution in [0.1, 0.15) is 25.2 Å². The summed E-state index contributed by atoms with van der Waals surface area (Å²) in [5, 5.41) is 0. The highest BCUT2D eigenvalue weighted by Crippen LogP contribution is 2.23. The van der Waals surface area contributed by atoms with Crippen LogP contribution in [0.15, 0.2) is 18.2 Å². The Morgan fingerprint density at radius 3 is 2.71 bits per heavy atom. The molecule has 3 nitrogen and oxygen atoms in total. The summed E-state index contributed by atoms with van der Waals surface area (Å²) in [4.78, 5) is 4.51. The minimum absolute atomic E-state index is 0.154. The summed E-state index contributed by atoms with van der Waals surface area (Å²) in [5.74, 6) is 1.05. The smallest absolute Gasteiger partial charge is 0.106 e. The highest BCUT2D eigenvalue weighted by atomic mass is 15.0. The van der Waals surface area contributed by atoms with Crippen molar-refractivity contribution in [3.8, 4) is 0 Å². The first kappa shape index (κ1) is 12.1. The van der Waals surface area contributed by atoms with Crippen molar-refractivity contribution >= 4 is 11.0 Å². The van der Waals surface area contributed by atoms with Gasteiger partial charge in [0.2, 0.25) is 0 Å². The van der Waals surface area contributed by atoms with Gasteiger partial charge in [0, 0.05) is 7.05 Å². The van der Waals surface area contributed by atoms with Crippen LogP contribution >= 0.6 is 0 Å². The van der Waals surface area contributed by atoms with Crippen molar-refractivity contribution in [1.29, 1.82) is 0 Å². The quantitative estimate of drug-likeness (QED) is 0.881. The molecule has 0 amide bonds. The highest BCUT2D eigenvalue weighted by Gasteiger charge is 2.16. The lowest BCUT2D eigenvalue weighted by Gasteiger charge is -2.22. The number of aryl methyl sites for hydroxylation is 2. The average molecular weight is 231 g/mol. The molecule has 2 rings (SSSR count). The fourth-order valence-corrected chi connectivity index (χ4v) is 2.09. The topological polar surface area (TPSA) is 43.8 Å². The third kappa shape index (κ3) is 2.34. The lowest BCUT2D eigenvalue weighted by atomic mass is 9.86. The van der Waals surface area contributed by atoms with E-state index in [0.717, 1.165) is 17.8 Å². The molecule has 1 aromatic carbocycles. The van der Waals surface area contributed by atoms with Crippen LogP contribution in [0.25, 0.3) is 11.0 Å². The molecule has 0 aliphatic heterocycles. The van der Waals surface area contributed by atoms with Gasteiger partial charge in [0.25, 0.3) is 0 Å². The number of aromatic nitrogens is 2. The van der Waals surface area contributed by atoms with Gasteiger partial charge in [-0.15, -0.1) is 0 Å². The molecule has 0 saturated heterocycles. The lowest BCUT2D eigenvalue weighted by Crippen LogP contribution is -2.25. The summed E-state index contributed by atoms with van der Waals surface area (Å²) in [6, 6.07) is 6.49. The van der Waals surface area contributed by atoms with E-state index >= 15 is 0 Å². The Balaban J connectivity index is 2.41. The molecule has 3 heteroatoms. The van der Waals surface area contributed by atoms with Gasteiger partial charge in [-0.05, 0) is 43.0 Å². The van der Waals surface area contributed by atoms with Crippen molar-refractivity contribution in [3.63, 3.8) is 0 Å². The van der Waals surface area contributed by atoms with Gasteiger partial charge in [0.15, 0.2) is 0 Å². The maximum Gasteiger partial charge on any atom is 0.106 e. The predicted molar refractivity (Wildman–Crippen MR) is 72.0 cm³/mol. The molecule has 17 heavy (non-hydrogen) atoms. The predicted octanol–water partition coefficient (Wildman–Crippen LogP) is 2.41. The maximum absolute atomic E-state index is 5.78. The monoisotopic (exact) mass is 231 g/mol. The van der Waals surface area contributed by atoms with Gasteiger partial charge in [-0.25, -0.2) is 4.98 Å². The van der Waals surface area contributed by atoms with Crippen LogP contribution in [-0.4, -0.2) is 16.1 Å². The van der Waals surface area contributed by atoms with E-state index < -0.39 is 0 Å². The molecule has 0 unspecified atom stereocenters. The Morgan fingerprint density at radius 2 is 2.06 bits per heavy atom. The Morgan fingerprint density at radius 1 is 1.35 bits per heavy atom. The Bertz CT molecular complexity index is 538. The Labute approximate surface area is 103 Å². The van der Waals surface area contributed by atoms with Gasteiger partial charge in [0.1, 0.15) is 5.82 Å². The zero-order valence-electron chi connectivity index (χ0n) is 11.1. The van der Waals surface area contributed by atoms with Gasteiger partial charge in [0.05, 0.1) is 11.0 Å². The third-order valence-electron chi connectivity index (χ3n) is 3.40. The van der Waals surface area contributed by atoms with E-state index in [-0.39, 0.29) is 5.41 Å². The fraction of sp³-hybridized carbons (Fsp3) is 0.500. The highest BCUT2D eigenvalue weighted by molar-refractivity contribution is 5.76. The summed E-state index contributed by atoms with van der Waals surface area (Å²) in [5.41, 5.74) is 9.54. The first-order chi connectivity index (χ1) is 7.93. The standard InChI is InChI=1S/C14H21N3/c1-10-16-12-6-5-11(7-13(12)17(10)4)8-14(2,3)9-15/h5-7H,8-9,15H2,1-4H3. The van der Waals surface area contributed by atoms with Crippen molar-refractivity contribution in [2.24, 2.45) is 18.2 Å². The molecule has 2 aromatic rings. The van der Waals surface area contributed by atoms with E-state index in [1.165, 1.54) is 11.1 Å². The van der Waals surface area contributed by atoms with Crippen LogP contribution in [0.4, 0.5) is 0 Å². The summed E-state index contributed by atoms with van der Waals surface area (Å²) in [7, 11) is 2.06. The molecule has 0 aliphatic carbocycles. The summed E-state index contributed by atoms with van der Waals surface area (Å²) >= 11 is 0. The van der Waals surface area contributed by atoms with Gasteiger partial charge in [-0.1, -0.05) is 19.9 Å². The Hall–Kier alpha value is -1.35. The third-order valence-corrected chi connectivity index (χ3v) is 3.40. The number of hydrogen-bond acceptors (Lipinski definition) is 2. The summed E-state index contributed by atoms with van der Waals surface area (Å²) in [6.07, 6.45) is 1.00. The second kappa shape index (κ2) is 4.15. The van der Waals surface area contributed by atoms with E-state index in [4.69, 9.17) is 5.73 Å². The van der Waals surface area contributed by atoms with Crippen LogP contribution in [0.2, 0.25) is 0 Å². The number of rotatable bonds is 3. The van der Waals surface area contributed by atoms with Crippen molar-refractivity contribution in [1.82, 2.24) is 9.55 Å². The normalized spacial score (nSPS) is 12.3. The molecule has 0 spiro atoms. The van der Waals surface area contributed by atoms with Gasteiger partial charge in [-0.2, -0.15) is 0 Å². The van der Waals surface area contributed by atoms with Crippen molar-refractivity contribution in [3.05, 3.63) is 29.6 Å². The number of imidazole rings is 1. The minimum atomic E-state index is 0.154. The second-order valence-corrected chi connectivity index (χ2v) is 5.59. The Kier molecular flexibility index (Phi) is 2.96. The van der Waals surface area contributed by atoms with Crippen molar-refractivity contribution in [2.45, 2.75) is 27.2 Å². The molecular weight excluding hydrogens is 210 g/mol. The molecule has 2 N–H and O–H groups in total. The van der Waals surface area contributed by atoms with Crippen molar-refractivity contribution < 1.29 is 0 Å². The average Bonchev–Trinajstić information content (AvgIpc) is 2.55. The molecule has 1 heterocycles. The van der Waals surface area contributed by atoms with Gasteiger partial charge in [-0.3, -0.25) is 0 Å². The number of nitrogens with zero attached hydrogens (tertiary/aromatic N) is 2. The zero-order valence-corrected chi connectivity index (χ0v) is 11.1. The minimum Gasteiger partial charge on any atom is -0.331 e. The number of benzene rings is 1. The van der Waals surface area contributed by atoms with Crippen LogP contribution in [-0.2, 0) is 13.5 Å². The van der Waals surface area contributed by atoms with E-state index in [0.29, 0.717) is 6.54 Å². The van der Waals surface area contributed by atoms with Crippen molar-refractivity contribution in [2.75, 3.05) is 6.54 Å². The van der Waals surface area contributed by atoms with Gasteiger partial charge < -0.3 is 10.3 Å². The zero-order chi connectivity index (χ0) is 12.6. The molecular formula is C14H21N3. The molecule has 1 aromatic heterocycles. The van der Waals surface area contributed by atoms with Crippen LogP contribution in [0.5, 0.6) is 0 Å². The van der Waals surface area contributed by atoms with E-state index in [9.17, 15) is 0 Å². The first-order valence-corrected chi connectivity index (χ1v) is 6.05. The number of hydrogen-bond donors (Lipinski definition) is 1. The largest absolute Gasteiger partial charge is 0.331 e. The lowest BCUT2D eigenvalue weighted by molar-refractivity contribution is 0.377. The molecule has 92 valence electrons. The molecule has 0 atom stereocenters. The number of nitrogens with two attached hydrogens (primary N) is 1. The maximum atomic E-state index is 5.78. The van der Waals surface area contributed by atoms with Crippen LogP contribution in [0, 0.1) is 12.3 Å². The summed E-state index contributed by atoms with van der Waals surface area (Å²) < 4.78 is 2.13. The van der Waals surface area contributed by atoms with Gasteiger partial charge >= 0.3 is 0 Å². The van der Waals surface area contributed by atoms with E-state index in [1.54, 1.807) is 0 Å². The second-order valence-electron chi connectivity index (χ2n) is 5.59. The molecule has 0 radical (unpaired) electrons. The van der Waals surface area contributed by atoms with Crippen LogP contribution in [0.3, 0.4) is 0 Å². The fourth-order valence-electron chi connectivity index (χ4n) is 2.09. The molecule has 0 saturated carbocycles.